The van der Waals surface area contributed by atoms with E-state index >= 15 is 0 Å². The minimum absolute atomic E-state index is 0.329. The van der Waals surface area contributed by atoms with E-state index in [0.717, 1.165) is 0 Å². The van der Waals surface area contributed by atoms with Crippen LogP contribution >= 0.6 is 0 Å². The average Bonchev–Trinajstić information content (AvgIpc) is 3.06. The Morgan fingerprint density at radius 2 is 0.524 bits per heavy atom. The highest BCUT2D eigenvalue weighted by Crippen LogP contribution is 1.83. The topological polar surface area (TPSA) is 139 Å². The van der Waals surface area contributed by atoms with E-state index in [1.165, 1.54) is 36.5 Å². The summed E-state index contributed by atoms with van der Waals surface area (Å²) in [5, 5.41) is 6.08. The molecule has 3 rings (SSSR count). The second-order valence-electron chi connectivity index (χ2n) is 3.56. The van der Waals surface area contributed by atoms with Crippen LogP contribution < -0.4 is 16.0 Å². The summed E-state index contributed by atoms with van der Waals surface area (Å²) in [5.74, 6) is -1.97. The molecule has 0 radical (unpaired) electrons. The van der Waals surface area contributed by atoms with Gasteiger partial charge < -0.3 is 0 Å². The van der Waals surface area contributed by atoms with Crippen molar-refractivity contribution in [3.8, 4) is 0 Å². The second kappa shape index (κ2) is 7.28. The average molecular weight is 291 g/mol. The van der Waals surface area contributed by atoms with Gasteiger partial charge in [-0.2, -0.15) is 0 Å². The molecular weight excluding hydrogens is 282 g/mol. The molecule has 21 heavy (non-hydrogen) atoms. The number of carbonyl (C=O) groups excluding carboxylic acids is 6. The number of rotatable bonds is 0. The molecule has 0 aromatic rings. The van der Waals surface area contributed by atoms with Gasteiger partial charge in [0.05, 0.1) is 0 Å². The third kappa shape index (κ3) is 6.38. The van der Waals surface area contributed by atoms with Crippen molar-refractivity contribution in [1.29, 1.82) is 0 Å². The van der Waals surface area contributed by atoms with Crippen molar-refractivity contribution < 1.29 is 28.8 Å². The molecule has 108 valence electrons. The maximum atomic E-state index is 10.0. The van der Waals surface area contributed by atoms with Crippen molar-refractivity contribution in [2.24, 2.45) is 0 Å². The molecule has 3 N–H and O–H groups in total. The van der Waals surface area contributed by atoms with Gasteiger partial charge in [0, 0.05) is 36.5 Å². The molecule has 0 saturated heterocycles. The fraction of sp³-hybridized carbons (Fsp3) is 0. The van der Waals surface area contributed by atoms with Gasteiger partial charge in [-0.25, -0.2) is 0 Å². The zero-order valence-electron chi connectivity index (χ0n) is 10.4. The maximum absolute atomic E-state index is 10.0. The van der Waals surface area contributed by atoms with E-state index in [4.69, 9.17) is 0 Å². The van der Waals surface area contributed by atoms with E-state index in [-0.39, 0.29) is 35.4 Å². The zero-order chi connectivity index (χ0) is 15.8. The zero-order valence-corrected chi connectivity index (χ0v) is 10.4. The Kier molecular flexibility index (Phi) is 5.44. The lowest BCUT2D eigenvalue weighted by molar-refractivity contribution is -0.125. The molecule has 3 aliphatic rings. The molecule has 0 spiro atoms. The molecule has 0 atom stereocenters. The van der Waals surface area contributed by atoms with Crippen LogP contribution in [0.2, 0.25) is 0 Å². The van der Waals surface area contributed by atoms with E-state index in [9.17, 15) is 28.8 Å². The molecule has 0 aliphatic carbocycles. The highest BCUT2D eigenvalue weighted by atomic mass is 16.2. The van der Waals surface area contributed by atoms with Crippen LogP contribution in [0.15, 0.2) is 36.5 Å². The first-order valence-corrected chi connectivity index (χ1v) is 5.46. The smallest absolute Gasteiger partial charge is 0.250 e. The van der Waals surface area contributed by atoms with Crippen LogP contribution in [-0.2, 0) is 28.8 Å². The fourth-order valence-electron chi connectivity index (χ4n) is 1.07. The molecule has 9 heteroatoms. The van der Waals surface area contributed by atoms with Crippen molar-refractivity contribution in [3.05, 3.63) is 36.5 Å². The number of hydrogen-bond acceptors (Lipinski definition) is 6. The number of imide groups is 3. The van der Waals surface area contributed by atoms with Gasteiger partial charge in [0.1, 0.15) is 0 Å². The predicted octanol–water partition coefficient (Wildman–Crippen LogP) is -2.40. The van der Waals surface area contributed by atoms with Crippen LogP contribution in [0.1, 0.15) is 0 Å². The summed E-state index contributed by atoms with van der Waals surface area (Å²) in [6.45, 7) is 0. The minimum atomic E-state index is -0.329. The fourth-order valence-corrected chi connectivity index (χ4v) is 1.07. The summed E-state index contributed by atoms with van der Waals surface area (Å²) in [4.78, 5) is 60.2. The summed E-state index contributed by atoms with van der Waals surface area (Å²) < 4.78 is 0. The first kappa shape index (κ1) is 15.7. The Hall–Kier alpha value is -3.36. The lowest BCUT2D eigenvalue weighted by Gasteiger charge is -1.80. The summed E-state index contributed by atoms with van der Waals surface area (Å²) in [6.07, 6.45) is 7.18. The first-order chi connectivity index (χ1) is 9.86. The highest BCUT2D eigenvalue weighted by molar-refractivity contribution is 6.13. The standard InChI is InChI=1S/3C4H3NO2/c3*6-3-1-2-4(7)5-3/h3*1-2H,(H,5,6,7). The molecule has 3 heterocycles. The van der Waals surface area contributed by atoms with Crippen LogP contribution in [0.3, 0.4) is 0 Å². The molecule has 0 bridgehead atoms. The highest BCUT2D eigenvalue weighted by Gasteiger charge is 2.08. The molecule has 0 fully saturated rings. The van der Waals surface area contributed by atoms with Crippen molar-refractivity contribution in [2.45, 2.75) is 0 Å². The van der Waals surface area contributed by atoms with E-state index in [0.29, 0.717) is 0 Å². The van der Waals surface area contributed by atoms with E-state index in [1.54, 1.807) is 0 Å². The molecular formula is C12H9N3O6. The van der Waals surface area contributed by atoms with Crippen LogP contribution in [0.25, 0.3) is 0 Å². The molecule has 9 nitrogen and oxygen atoms in total. The number of carbonyl (C=O) groups is 6. The van der Waals surface area contributed by atoms with Gasteiger partial charge in [-0.15, -0.1) is 0 Å². The minimum Gasteiger partial charge on any atom is -0.289 e. The summed E-state index contributed by atoms with van der Waals surface area (Å²) in [5.41, 5.74) is 0. The third-order valence-electron chi connectivity index (χ3n) is 1.90. The Balaban J connectivity index is 0.000000157. The monoisotopic (exact) mass is 291 g/mol. The van der Waals surface area contributed by atoms with Crippen molar-refractivity contribution >= 4 is 35.4 Å². The Labute approximate surface area is 117 Å². The molecule has 0 aromatic carbocycles. The van der Waals surface area contributed by atoms with Gasteiger partial charge in [-0.05, 0) is 0 Å². The van der Waals surface area contributed by atoms with Crippen LogP contribution in [0.5, 0.6) is 0 Å². The van der Waals surface area contributed by atoms with Gasteiger partial charge in [0.2, 0.25) is 0 Å². The van der Waals surface area contributed by atoms with E-state index in [2.05, 4.69) is 0 Å². The van der Waals surface area contributed by atoms with E-state index < -0.39 is 0 Å². The summed E-state index contributed by atoms with van der Waals surface area (Å²) >= 11 is 0. The van der Waals surface area contributed by atoms with Gasteiger partial charge in [-0.1, -0.05) is 0 Å². The SMILES string of the molecule is O=C1C=CC(=O)N1.O=C1C=CC(=O)N1.O=C1C=CC(=O)N1. The van der Waals surface area contributed by atoms with Crippen molar-refractivity contribution in [3.63, 3.8) is 0 Å². The van der Waals surface area contributed by atoms with E-state index in [1.807, 2.05) is 16.0 Å². The number of hydrogen-bond donors (Lipinski definition) is 3. The Morgan fingerprint density at radius 1 is 0.381 bits per heavy atom. The van der Waals surface area contributed by atoms with Gasteiger partial charge in [-0.3, -0.25) is 44.7 Å². The lowest BCUT2D eigenvalue weighted by Crippen LogP contribution is -2.19. The summed E-state index contributed by atoms with van der Waals surface area (Å²) in [7, 11) is 0. The number of nitrogens with one attached hydrogen (secondary N) is 3. The van der Waals surface area contributed by atoms with Crippen LogP contribution in [-0.4, -0.2) is 35.4 Å². The van der Waals surface area contributed by atoms with Gasteiger partial charge in [0.15, 0.2) is 0 Å². The van der Waals surface area contributed by atoms with Crippen LogP contribution in [0, 0.1) is 0 Å². The molecule has 6 amide bonds. The molecule has 0 aromatic heterocycles. The molecule has 0 unspecified atom stereocenters. The Bertz CT molecular complexity index is 481. The second-order valence-corrected chi connectivity index (χ2v) is 3.56. The normalized spacial score (nSPS) is 17.7. The summed E-state index contributed by atoms with van der Waals surface area (Å²) in [6, 6.07) is 0. The predicted molar refractivity (Wildman–Crippen MR) is 66.9 cm³/mol. The van der Waals surface area contributed by atoms with Crippen LogP contribution in [0.4, 0.5) is 0 Å². The third-order valence-corrected chi connectivity index (χ3v) is 1.90. The quantitative estimate of drug-likeness (QED) is 0.425. The molecule has 0 saturated carbocycles. The van der Waals surface area contributed by atoms with Gasteiger partial charge in [0.25, 0.3) is 35.4 Å². The van der Waals surface area contributed by atoms with Crippen molar-refractivity contribution in [1.82, 2.24) is 16.0 Å². The Morgan fingerprint density at radius 3 is 0.571 bits per heavy atom. The first-order valence-electron chi connectivity index (χ1n) is 5.46. The van der Waals surface area contributed by atoms with Crippen molar-refractivity contribution in [2.75, 3.05) is 0 Å². The molecule has 3 aliphatic heterocycles. The lowest BCUT2D eigenvalue weighted by atomic mass is 10.6. The number of amides is 6. The maximum Gasteiger partial charge on any atom is 0.250 e. The van der Waals surface area contributed by atoms with Gasteiger partial charge >= 0.3 is 0 Å². The largest absolute Gasteiger partial charge is 0.289 e.